The summed E-state index contributed by atoms with van der Waals surface area (Å²) in [6.45, 7) is 10.2. The summed E-state index contributed by atoms with van der Waals surface area (Å²) in [5.74, 6) is -5.18. The van der Waals surface area contributed by atoms with Gasteiger partial charge >= 0.3 is 24.3 Å². The second-order valence-electron chi connectivity index (χ2n) is 18.9. The number of fused-ring (bicyclic) bond motifs is 1. The number of carbonyl (C=O) groups excluding carboxylic acids is 3. The Morgan fingerprint density at radius 1 is 0.920 bits per heavy atom. The molecule has 3 amide bonds. The zero-order valence-electron chi connectivity index (χ0n) is 41.8. The Bertz CT molecular complexity index is 2370. The van der Waals surface area contributed by atoms with Crippen molar-refractivity contribution < 1.29 is 84.2 Å². The molecule has 0 bridgehead atoms. The standard InChI is InChI=1S/C46H63FN6O7S.2C2HF3O2/c1-32(2)44-49-37(30-61-44)45(57)52-24-27-60-46(31-52)17-21-51(22-18-46)28-35-9-7-8-33(41(35)47)15-25-58-26-16-40(56)53(36-10-5-3-4-6-11-36)23-20-48-19-14-34-12-13-38(54)42-43(34)59-29-39(55)50-42;2*3-2(4,5)1(6)7/h7-9,12-13,30,32,36,48,54H,3-6,10-11,14-29,31H2,1-2H3,(H,50,55);2*(H,6,7). The van der Waals surface area contributed by atoms with Crippen LogP contribution in [0.25, 0.3) is 0 Å². The van der Waals surface area contributed by atoms with Gasteiger partial charge in [-0.05, 0) is 62.3 Å². The van der Waals surface area contributed by atoms with Gasteiger partial charge in [-0.3, -0.25) is 19.3 Å². The summed E-state index contributed by atoms with van der Waals surface area (Å²) < 4.78 is 97.2. The number of carboxylic acid groups (broad SMARTS) is 2. The van der Waals surface area contributed by atoms with Crippen molar-refractivity contribution in [3.8, 4) is 11.5 Å². The summed E-state index contributed by atoms with van der Waals surface area (Å²) in [5.41, 5.74) is 2.60. The first-order chi connectivity index (χ1) is 35.5. The number of hydrogen-bond acceptors (Lipinski definition) is 13. The highest BCUT2D eigenvalue weighted by molar-refractivity contribution is 7.09. The van der Waals surface area contributed by atoms with Crippen LogP contribution in [-0.4, -0.2) is 161 Å². The number of aromatic hydroxyl groups is 1. The summed E-state index contributed by atoms with van der Waals surface area (Å²) in [5, 5.41) is 33.4. The summed E-state index contributed by atoms with van der Waals surface area (Å²) in [6.07, 6.45) is -0.652. The van der Waals surface area contributed by atoms with Gasteiger partial charge in [0.15, 0.2) is 12.4 Å². The van der Waals surface area contributed by atoms with Gasteiger partial charge < -0.3 is 50.0 Å². The van der Waals surface area contributed by atoms with Crippen LogP contribution in [0.15, 0.2) is 35.7 Å². The highest BCUT2D eigenvalue weighted by Gasteiger charge is 2.42. The predicted molar refractivity (Wildman–Crippen MR) is 260 cm³/mol. The van der Waals surface area contributed by atoms with Gasteiger partial charge in [0.2, 0.25) is 5.91 Å². The number of hydrogen-bond donors (Lipinski definition) is 5. The normalized spacial score (nSPS) is 17.1. The molecule has 1 aliphatic carbocycles. The first kappa shape index (κ1) is 60.2. The number of alkyl halides is 6. The number of morpholine rings is 1. The van der Waals surface area contributed by atoms with Gasteiger partial charge in [-0.2, -0.15) is 26.3 Å². The average Bonchev–Trinajstić information content (AvgIpc) is 3.71. The van der Waals surface area contributed by atoms with Crippen molar-refractivity contribution in [3.05, 3.63) is 68.9 Å². The van der Waals surface area contributed by atoms with E-state index < -0.39 is 29.9 Å². The molecule has 2 saturated heterocycles. The van der Waals surface area contributed by atoms with Crippen LogP contribution in [0, 0.1) is 5.82 Å². The number of carbonyl (C=O) groups is 5. The molecule has 0 unspecified atom stereocenters. The van der Waals surface area contributed by atoms with Crippen molar-refractivity contribution in [2.24, 2.45) is 0 Å². The number of anilines is 1. The molecule has 1 spiro atoms. The Morgan fingerprint density at radius 3 is 2.20 bits per heavy atom. The van der Waals surface area contributed by atoms with E-state index in [4.69, 9.17) is 34.0 Å². The van der Waals surface area contributed by atoms with Crippen molar-refractivity contribution in [1.29, 1.82) is 0 Å². The molecule has 1 saturated carbocycles. The molecular formula is C50H65F7N6O11S. The Morgan fingerprint density at radius 2 is 1.57 bits per heavy atom. The third-order valence-electron chi connectivity index (χ3n) is 13.1. The number of aromatic nitrogens is 1. The minimum absolute atomic E-state index is 0.0200. The number of phenols is 1. The van der Waals surface area contributed by atoms with Crippen LogP contribution in [-0.2, 0) is 48.0 Å². The van der Waals surface area contributed by atoms with E-state index in [1.165, 1.54) is 24.2 Å². The maximum Gasteiger partial charge on any atom is 0.490 e. The topological polar surface area (TPSA) is 220 Å². The van der Waals surface area contributed by atoms with Gasteiger partial charge in [-0.1, -0.05) is 63.8 Å². The van der Waals surface area contributed by atoms with Gasteiger partial charge in [0.25, 0.3) is 11.8 Å². The number of phenolic OH excluding ortho intramolecular Hbond substituents is 1. The van der Waals surface area contributed by atoms with E-state index in [0.29, 0.717) is 93.6 Å². The molecule has 1 aromatic heterocycles. The molecule has 17 nitrogen and oxygen atoms in total. The van der Waals surface area contributed by atoms with Gasteiger partial charge in [0.05, 0.1) is 43.4 Å². The fraction of sp³-hybridized carbons (Fsp3) is 0.600. The summed E-state index contributed by atoms with van der Waals surface area (Å²) >= 11 is 1.54. The van der Waals surface area contributed by atoms with Crippen LogP contribution in [0.1, 0.15) is 110 Å². The molecule has 25 heteroatoms. The van der Waals surface area contributed by atoms with Crippen molar-refractivity contribution in [2.45, 2.75) is 121 Å². The predicted octanol–water partition coefficient (Wildman–Crippen LogP) is 7.55. The highest BCUT2D eigenvalue weighted by Crippen LogP contribution is 2.39. The zero-order valence-corrected chi connectivity index (χ0v) is 42.6. The number of benzene rings is 2. The summed E-state index contributed by atoms with van der Waals surface area (Å²) in [4.78, 5) is 67.3. The van der Waals surface area contributed by atoms with E-state index in [0.717, 1.165) is 62.2 Å². The smallest absolute Gasteiger partial charge is 0.490 e. The molecule has 0 radical (unpaired) electrons. The minimum Gasteiger partial charge on any atom is -0.506 e. The first-order valence-electron chi connectivity index (χ1n) is 24.8. The van der Waals surface area contributed by atoms with E-state index in [1.54, 1.807) is 6.07 Å². The molecule has 4 heterocycles. The number of thiazole rings is 1. The van der Waals surface area contributed by atoms with Crippen molar-refractivity contribution in [1.82, 2.24) is 25.0 Å². The van der Waals surface area contributed by atoms with E-state index in [9.17, 15) is 45.8 Å². The van der Waals surface area contributed by atoms with Crippen LogP contribution in [0.2, 0.25) is 0 Å². The number of piperidine rings is 1. The maximum atomic E-state index is 15.8. The first-order valence-corrected chi connectivity index (χ1v) is 25.7. The molecule has 3 fully saturated rings. The minimum atomic E-state index is -5.08. The Balaban J connectivity index is 0.000000653. The van der Waals surface area contributed by atoms with Crippen LogP contribution < -0.4 is 15.4 Å². The quantitative estimate of drug-likeness (QED) is 0.0382. The van der Waals surface area contributed by atoms with Crippen LogP contribution in [0.4, 0.5) is 36.4 Å². The molecule has 0 atom stereocenters. The lowest BCUT2D eigenvalue weighted by molar-refractivity contribution is -0.193. The highest BCUT2D eigenvalue weighted by atomic mass is 32.1. The molecule has 7 rings (SSSR count). The second kappa shape index (κ2) is 27.9. The fourth-order valence-electron chi connectivity index (χ4n) is 9.07. The Hall–Kier alpha value is -5.63. The third-order valence-corrected chi connectivity index (χ3v) is 14.2. The van der Waals surface area contributed by atoms with Gasteiger partial charge in [-0.15, -0.1) is 11.3 Å². The van der Waals surface area contributed by atoms with Crippen molar-refractivity contribution in [3.63, 3.8) is 0 Å². The number of nitrogens with one attached hydrogen (secondary N) is 2. The lowest BCUT2D eigenvalue weighted by Crippen LogP contribution is -2.58. The monoisotopic (exact) mass is 1090 g/mol. The third kappa shape index (κ3) is 18.3. The molecule has 3 aliphatic heterocycles. The van der Waals surface area contributed by atoms with Crippen molar-refractivity contribution >= 4 is 46.7 Å². The number of likely N-dealkylation sites (tertiary alicyclic amines) is 1. The summed E-state index contributed by atoms with van der Waals surface area (Å²) in [6, 6.07) is 9.16. The zero-order chi connectivity index (χ0) is 54.9. The molecule has 75 heavy (non-hydrogen) atoms. The molecule has 2 aromatic carbocycles. The second-order valence-corrected chi connectivity index (χ2v) is 19.8. The fourth-order valence-corrected chi connectivity index (χ4v) is 9.88. The average molecular weight is 1090 g/mol. The number of carboxylic acids is 2. The lowest BCUT2D eigenvalue weighted by Gasteiger charge is -2.47. The molecule has 4 aliphatic rings. The van der Waals surface area contributed by atoms with E-state index in [1.807, 2.05) is 39.4 Å². The lowest BCUT2D eigenvalue weighted by atomic mass is 9.89. The van der Waals surface area contributed by atoms with E-state index in [-0.39, 0.29) is 60.9 Å². The number of amides is 3. The molecular weight excluding hydrogens is 1030 g/mol. The van der Waals surface area contributed by atoms with Gasteiger partial charge in [0.1, 0.15) is 22.9 Å². The Kier molecular flexibility index (Phi) is 22.4. The Labute approximate surface area is 433 Å². The number of aliphatic carboxylic acids is 2. The van der Waals surface area contributed by atoms with Gasteiger partial charge in [0, 0.05) is 62.2 Å². The maximum absolute atomic E-state index is 15.8. The summed E-state index contributed by atoms with van der Waals surface area (Å²) in [7, 11) is 0. The molecule has 5 N–H and O–H groups in total. The van der Waals surface area contributed by atoms with Gasteiger partial charge in [-0.25, -0.2) is 19.0 Å². The van der Waals surface area contributed by atoms with Crippen LogP contribution in [0.3, 0.4) is 0 Å². The SMILES string of the molecule is CC(C)c1nc(C(=O)N2CCOC3(CCN(Cc4cccc(CCOCCC(=O)N(CCNCCc5ccc(O)c6c5OCC(=O)N6)C5CCCCCC5)c4F)CC3)C2)cs1.O=C(O)C(F)(F)F.O=C(O)C(F)(F)F. The largest absolute Gasteiger partial charge is 0.506 e. The number of nitrogens with zero attached hydrogens (tertiary/aromatic N) is 4. The molecule has 3 aromatic rings. The number of ether oxygens (including phenoxy) is 3. The van der Waals surface area contributed by atoms with E-state index in [2.05, 4.69) is 34.4 Å². The number of rotatable bonds is 17. The molecule has 416 valence electrons. The van der Waals surface area contributed by atoms with E-state index >= 15 is 4.39 Å². The van der Waals surface area contributed by atoms with Crippen molar-refractivity contribution in [2.75, 3.05) is 77.6 Å². The van der Waals surface area contributed by atoms with Crippen LogP contribution in [0.5, 0.6) is 11.5 Å². The van der Waals surface area contributed by atoms with Crippen LogP contribution >= 0.6 is 11.3 Å². The number of halogens is 7.